The number of thiophene rings is 1. The van der Waals surface area contributed by atoms with E-state index in [-0.39, 0.29) is 0 Å². The maximum Gasteiger partial charge on any atom is 0.0746 e. The highest BCUT2D eigenvalue weighted by atomic mass is 79.9. The molecule has 0 bridgehead atoms. The molecule has 0 saturated carbocycles. The van der Waals surface area contributed by atoms with E-state index in [4.69, 9.17) is 0 Å². The van der Waals surface area contributed by atoms with Crippen molar-refractivity contribution < 1.29 is 5.11 Å². The van der Waals surface area contributed by atoms with Crippen LogP contribution in [0.3, 0.4) is 0 Å². The Morgan fingerprint density at radius 3 is 3.00 bits per heavy atom. The summed E-state index contributed by atoms with van der Waals surface area (Å²) in [6.07, 6.45) is 4.46. The Balaban J connectivity index is 1.97. The standard InChI is InChI=1S/C15H24BrNOS/c1-10(2)8-15(3,18)9-17-12-5-4-6-13-11(12)7-14(16)19-13/h7,10,12,17-18H,4-6,8-9H2,1-3H3. The van der Waals surface area contributed by atoms with E-state index in [1.165, 1.54) is 33.5 Å². The molecule has 4 heteroatoms. The van der Waals surface area contributed by atoms with Crippen LogP contribution in [0.2, 0.25) is 0 Å². The van der Waals surface area contributed by atoms with Crippen LogP contribution in [0, 0.1) is 5.92 Å². The highest BCUT2D eigenvalue weighted by Gasteiger charge is 2.26. The first-order chi connectivity index (χ1) is 8.87. The lowest BCUT2D eigenvalue weighted by Gasteiger charge is -2.30. The monoisotopic (exact) mass is 345 g/mol. The topological polar surface area (TPSA) is 32.3 Å². The van der Waals surface area contributed by atoms with Crippen LogP contribution in [0.5, 0.6) is 0 Å². The summed E-state index contributed by atoms with van der Waals surface area (Å²) in [4.78, 5) is 1.50. The summed E-state index contributed by atoms with van der Waals surface area (Å²) in [5.74, 6) is 0.522. The molecule has 108 valence electrons. The van der Waals surface area contributed by atoms with E-state index in [2.05, 4.69) is 41.2 Å². The van der Waals surface area contributed by atoms with Crippen LogP contribution in [-0.2, 0) is 6.42 Å². The molecular weight excluding hydrogens is 322 g/mol. The fourth-order valence-corrected chi connectivity index (χ4v) is 4.85. The Hall–Kier alpha value is 0.100. The predicted molar refractivity (Wildman–Crippen MR) is 85.8 cm³/mol. The Kier molecular flexibility index (Phi) is 5.09. The zero-order valence-corrected chi connectivity index (χ0v) is 14.4. The van der Waals surface area contributed by atoms with Gasteiger partial charge in [-0.15, -0.1) is 11.3 Å². The maximum atomic E-state index is 10.4. The number of aryl methyl sites for hydroxylation is 1. The van der Waals surface area contributed by atoms with E-state index in [9.17, 15) is 5.11 Å². The SMILES string of the molecule is CC(C)CC(C)(O)CNC1CCCc2sc(Br)cc21. The van der Waals surface area contributed by atoms with Gasteiger partial charge in [0.2, 0.25) is 0 Å². The first-order valence-electron chi connectivity index (χ1n) is 7.11. The summed E-state index contributed by atoms with van der Waals surface area (Å²) in [7, 11) is 0. The van der Waals surface area contributed by atoms with Gasteiger partial charge in [0.15, 0.2) is 0 Å². The second-order valence-corrected chi connectivity index (χ2v) is 8.87. The van der Waals surface area contributed by atoms with Gasteiger partial charge in [0, 0.05) is 17.5 Å². The zero-order chi connectivity index (χ0) is 14.0. The van der Waals surface area contributed by atoms with Gasteiger partial charge in [-0.05, 0) is 66.1 Å². The van der Waals surface area contributed by atoms with Crippen molar-refractivity contribution >= 4 is 27.3 Å². The van der Waals surface area contributed by atoms with Gasteiger partial charge in [0.05, 0.1) is 9.39 Å². The molecule has 2 atom stereocenters. The fourth-order valence-electron chi connectivity index (χ4n) is 3.03. The van der Waals surface area contributed by atoms with E-state index >= 15 is 0 Å². The van der Waals surface area contributed by atoms with Crippen molar-refractivity contribution in [1.82, 2.24) is 5.32 Å². The van der Waals surface area contributed by atoms with Crippen molar-refractivity contribution in [2.75, 3.05) is 6.54 Å². The molecule has 0 spiro atoms. The summed E-state index contributed by atoms with van der Waals surface area (Å²) < 4.78 is 1.22. The normalized spacial score (nSPS) is 22.3. The first kappa shape index (κ1) is 15.5. The largest absolute Gasteiger partial charge is 0.389 e. The fraction of sp³-hybridized carbons (Fsp3) is 0.733. The molecule has 2 unspecified atom stereocenters. The summed E-state index contributed by atoms with van der Waals surface area (Å²) in [5, 5.41) is 14.0. The molecule has 1 aliphatic rings. The summed E-state index contributed by atoms with van der Waals surface area (Å²) >= 11 is 5.44. The van der Waals surface area contributed by atoms with Crippen LogP contribution in [0.25, 0.3) is 0 Å². The number of fused-ring (bicyclic) bond motifs is 1. The number of aliphatic hydroxyl groups is 1. The molecule has 1 aromatic rings. The lowest BCUT2D eigenvalue weighted by molar-refractivity contribution is 0.0353. The predicted octanol–water partition coefficient (Wildman–Crippen LogP) is 4.27. The average molecular weight is 346 g/mol. The zero-order valence-electron chi connectivity index (χ0n) is 12.0. The van der Waals surface area contributed by atoms with Crippen LogP contribution in [0.15, 0.2) is 9.85 Å². The number of nitrogens with one attached hydrogen (secondary N) is 1. The third kappa shape index (κ3) is 4.28. The van der Waals surface area contributed by atoms with E-state index in [1.54, 1.807) is 0 Å². The minimum absolute atomic E-state index is 0.407. The van der Waals surface area contributed by atoms with Crippen LogP contribution in [0.1, 0.15) is 56.5 Å². The molecule has 2 nitrogen and oxygen atoms in total. The molecule has 0 saturated heterocycles. The number of hydrogen-bond donors (Lipinski definition) is 2. The maximum absolute atomic E-state index is 10.4. The number of halogens is 1. The minimum atomic E-state index is -0.612. The quantitative estimate of drug-likeness (QED) is 0.834. The highest BCUT2D eigenvalue weighted by molar-refractivity contribution is 9.11. The van der Waals surface area contributed by atoms with Crippen molar-refractivity contribution in [1.29, 1.82) is 0 Å². The van der Waals surface area contributed by atoms with Gasteiger partial charge in [0.25, 0.3) is 0 Å². The molecule has 1 aromatic heterocycles. The number of hydrogen-bond acceptors (Lipinski definition) is 3. The second kappa shape index (κ2) is 6.25. The summed E-state index contributed by atoms with van der Waals surface area (Å²) in [5.41, 5.74) is 0.822. The molecule has 19 heavy (non-hydrogen) atoms. The Morgan fingerprint density at radius 2 is 2.32 bits per heavy atom. The van der Waals surface area contributed by atoms with E-state index < -0.39 is 5.60 Å². The Morgan fingerprint density at radius 1 is 1.58 bits per heavy atom. The molecule has 1 aliphatic carbocycles. The van der Waals surface area contributed by atoms with E-state index in [1.807, 2.05) is 18.3 Å². The third-order valence-corrected chi connectivity index (χ3v) is 5.37. The average Bonchev–Trinajstić information content (AvgIpc) is 2.65. The van der Waals surface area contributed by atoms with Crippen molar-refractivity contribution in [2.24, 2.45) is 5.92 Å². The van der Waals surface area contributed by atoms with Gasteiger partial charge in [-0.3, -0.25) is 0 Å². The first-order valence-corrected chi connectivity index (χ1v) is 8.72. The van der Waals surface area contributed by atoms with Gasteiger partial charge in [-0.25, -0.2) is 0 Å². The second-order valence-electron chi connectivity index (χ2n) is 6.35. The molecule has 2 rings (SSSR count). The Bertz CT molecular complexity index is 428. The van der Waals surface area contributed by atoms with E-state index in [0.29, 0.717) is 18.5 Å². The van der Waals surface area contributed by atoms with Crippen LogP contribution < -0.4 is 5.32 Å². The molecule has 0 fully saturated rings. The van der Waals surface area contributed by atoms with Crippen molar-refractivity contribution in [3.8, 4) is 0 Å². The third-order valence-electron chi connectivity index (χ3n) is 3.66. The molecule has 0 radical (unpaired) electrons. The molecule has 0 aromatic carbocycles. The van der Waals surface area contributed by atoms with Crippen LogP contribution in [-0.4, -0.2) is 17.3 Å². The van der Waals surface area contributed by atoms with Gasteiger partial charge in [0.1, 0.15) is 0 Å². The van der Waals surface area contributed by atoms with Gasteiger partial charge in [-0.1, -0.05) is 13.8 Å². The smallest absolute Gasteiger partial charge is 0.0746 e. The molecule has 2 N–H and O–H groups in total. The molecule has 0 amide bonds. The highest BCUT2D eigenvalue weighted by Crippen LogP contribution is 2.38. The summed E-state index contributed by atoms with van der Waals surface area (Å²) in [6, 6.07) is 2.65. The van der Waals surface area contributed by atoms with Gasteiger partial charge in [-0.2, -0.15) is 0 Å². The van der Waals surface area contributed by atoms with Gasteiger partial charge < -0.3 is 10.4 Å². The van der Waals surface area contributed by atoms with Crippen molar-refractivity contribution in [2.45, 2.75) is 58.1 Å². The van der Waals surface area contributed by atoms with Crippen LogP contribution >= 0.6 is 27.3 Å². The molecule has 1 heterocycles. The van der Waals surface area contributed by atoms with Gasteiger partial charge >= 0.3 is 0 Å². The van der Waals surface area contributed by atoms with E-state index in [0.717, 1.165) is 6.42 Å². The summed E-state index contributed by atoms with van der Waals surface area (Å²) in [6.45, 7) is 6.92. The van der Waals surface area contributed by atoms with Crippen molar-refractivity contribution in [3.05, 3.63) is 20.3 Å². The lowest BCUT2D eigenvalue weighted by Crippen LogP contribution is -2.41. The van der Waals surface area contributed by atoms with Crippen molar-refractivity contribution in [3.63, 3.8) is 0 Å². The van der Waals surface area contributed by atoms with Crippen LogP contribution in [0.4, 0.5) is 0 Å². The minimum Gasteiger partial charge on any atom is -0.389 e. The lowest BCUT2D eigenvalue weighted by atomic mass is 9.91. The molecular formula is C15H24BrNOS. The Labute approximate surface area is 128 Å². The number of rotatable bonds is 5. The molecule has 0 aliphatic heterocycles.